The number of aromatic nitrogens is 2. The first-order chi connectivity index (χ1) is 10.2. The van der Waals surface area contributed by atoms with Crippen molar-refractivity contribution in [2.24, 2.45) is 17.7 Å². The molecule has 1 aliphatic heterocycles. The van der Waals surface area contributed by atoms with E-state index in [4.69, 9.17) is 5.84 Å². The van der Waals surface area contributed by atoms with Crippen molar-refractivity contribution in [2.45, 2.75) is 52.9 Å². The lowest BCUT2D eigenvalue weighted by Crippen LogP contribution is -2.27. The van der Waals surface area contributed by atoms with Crippen LogP contribution in [0.1, 0.15) is 52.0 Å². The van der Waals surface area contributed by atoms with Crippen LogP contribution in [0.15, 0.2) is 6.33 Å². The molecule has 2 heterocycles. The molecule has 0 aromatic carbocycles. The second kappa shape index (κ2) is 7.59. The fraction of sp³-hybridized carbons (Fsp3) is 0.750. The summed E-state index contributed by atoms with van der Waals surface area (Å²) in [5.74, 6) is 9.06. The lowest BCUT2D eigenvalue weighted by atomic mass is 9.89. The zero-order chi connectivity index (χ0) is 15.2. The van der Waals surface area contributed by atoms with E-state index in [-0.39, 0.29) is 0 Å². The van der Waals surface area contributed by atoms with Crippen LogP contribution in [-0.4, -0.2) is 23.1 Å². The Balaban J connectivity index is 2.21. The van der Waals surface area contributed by atoms with Crippen LogP contribution in [0.2, 0.25) is 0 Å². The van der Waals surface area contributed by atoms with Crippen LogP contribution in [0.25, 0.3) is 0 Å². The minimum Gasteiger partial charge on any atom is -0.356 e. The maximum absolute atomic E-state index is 5.61. The van der Waals surface area contributed by atoms with Gasteiger partial charge in [0.25, 0.3) is 0 Å². The maximum Gasteiger partial charge on any atom is 0.148 e. The van der Waals surface area contributed by atoms with E-state index in [1.165, 1.54) is 19.3 Å². The summed E-state index contributed by atoms with van der Waals surface area (Å²) >= 11 is 0. The number of hydrogen-bond donors (Lipinski definition) is 2. The van der Waals surface area contributed by atoms with Gasteiger partial charge in [0, 0.05) is 18.7 Å². The quantitative estimate of drug-likeness (QED) is 0.645. The van der Waals surface area contributed by atoms with Gasteiger partial charge < -0.3 is 10.3 Å². The number of nitrogens with two attached hydrogens (primary N) is 1. The van der Waals surface area contributed by atoms with Gasteiger partial charge in [-0.3, -0.25) is 0 Å². The van der Waals surface area contributed by atoms with E-state index >= 15 is 0 Å². The normalized spacial score (nSPS) is 19.7. The van der Waals surface area contributed by atoms with Crippen molar-refractivity contribution < 1.29 is 0 Å². The lowest BCUT2D eigenvalue weighted by Gasteiger charge is -2.25. The Bertz CT molecular complexity index is 446. The van der Waals surface area contributed by atoms with E-state index in [1.807, 2.05) is 0 Å². The second-order valence-corrected chi connectivity index (χ2v) is 6.34. The molecule has 3 N–H and O–H groups in total. The molecule has 1 fully saturated rings. The first-order valence-electron chi connectivity index (χ1n) is 8.22. The van der Waals surface area contributed by atoms with Crippen LogP contribution < -0.4 is 16.2 Å². The summed E-state index contributed by atoms with van der Waals surface area (Å²) in [4.78, 5) is 11.3. The standard InChI is InChI=1S/C16H29N5/c1-4-6-14-15(20-17)18-11-19-16(14)21-9-5-7-13(8-10-21)12(2)3/h11-13H,4-10,17H2,1-3H3,(H,18,19,20). The molecular formula is C16H29N5. The summed E-state index contributed by atoms with van der Waals surface area (Å²) < 4.78 is 0. The predicted octanol–water partition coefficient (Wildman–Crippen LogP) is 2.98. The fourth-order valence-electron chi connectivity index (χ4n) is 3.28. The molecule has 1 aliphatic rings. The first-order valence-corrected chi connectivity index (χ1v) is 8.22. The second-order valence-electron chi connectivity index (χ2n) is 6.34. The molecule has 5 nitrogen and oxygen atoms in total. The Morgan fingerprint density at radius 1 is 1.33 bits per heavy atom. The van der Waals surface area contributed by atoms with E-state index in [2.05, 4.69) is 41.1 Å². The van der Waals surface area contributed by atoms with E-state index < -0.39 is 0 Å². The Morgan fingerprint density at radius 3 is 2.81 bits per heavy atom. The third-order valence-electron chi connectivity index (χ3n) is 4.57. The highest BCUT2D eigenvalue weighted by Gasteiger charge is 2.22. The largest absolute Gasteiger partial charge is 0.356 e. The van der Waals surface area contributed by atoms with Crippen LogP contribution in [0, 0.1) is 11.8 Å². The zero-order valence-electron chi connectivity index (χ0n) is 13.6. The van der Waals surface area contributed by atoms with Gasteiger partial charge in [0.15, 0.2) is 0 Å². The smallest absolute Gasteiger partial charge is 0.148 e. The van der Waals surface area contributed by atoms with E-state index in [0.717, 1.165) is 55.0 Å². The molecule has 0 radical (unpaired) electrons. The summed E-state index contributed by atoms with van der Waals surface area (Å²) in [6, 6.07) is 0. The maximum atomic E-state index is 5.61. The van der Waals surface area contributed by atoms with Crippen molar-refractivity contribution in [3.05, 3.63) is 11.9 Å². The van der Waals surface area contributed by atoms with Gasteiger partial charge in [-0.25, -0.2) is 15.8 Å². The summed E-state index contributed by atoms with van der Waals surface area (Å²) in [5.41, 5.74) is 3.88. The van der Waals surface area contributed by atoms with Crippen molar-refractivity contribution in [1.82, 2.24) is 9.97 Å². The van der Waals surface area contributed by atoms with Gasteiger partial charge in [0.05, 0.1) is 0 Å². The highest BCUT2D eigenvalue weighted by Crippen LogP contribution is 2.30. The summed E-state index contributed by atoms with van der Waals surface area (Å²) in [6.45, 7) is 9.02. The van der Waals surface area contributed by atoms with Crippen molar-refractivity contribution in [1.29, 1.82) is 0 Å². The molecule has 0 spiro atoms. The third-order valence-corrected chi connectivity index (χ3v) is 4.57. The van der Waals surface area contributed by atoms with Gasteiger partial charge in [0.2, 0.25) is 0 Å². The first kappa shape index (κ1) is 16.0. The molecule has 0 bridgehead atoms. The summed E-state index contributed by atoms with van der Waals surface area (Å²) in [6.07, 6.45) is 7.46. The minimum atomic E-state index is 0.770. The molecule has 5 heteroatoms. The van der Waals surface area contributed by atoms with Crippen LogP contribution in [0.3, 0.4) is 0 Å². The SMILES string of the molecule is CCCc1c(NN)ncnc1N1CCCC(C(C)C)CC1. The molecule has 1 aromatic heterocycles. The number of hydrogen-bond acceptors (Lipinski definition) is 5. The van der Waals surface area contributed by atoms with Gasteiger partial charge >= 0.3 is 0 Å². The number of nitrogens with one attached hydrogen (secondary N) is 1. The van der Waals surface area contributed by atoms with Crippen LogP contribution in [-0.2, 0) is 6.42 Å². The highest BCUT2D eigenvalue weighted by molar-refractivity contribution is 5.58. The van der Waals surface area contributed by atoms with Gasteiger partial charge in [-0.2, -0.15) is 0 Å². The molecule has 1 atom stereocenters. The predicted molar refractivity (Wildman–Crippen MR) is 88.2 cm³/mol. The highest BCUT2D eigenvalue weighted by atomic mass is 15.3. The molecule has 1 saturated heterocycles. The van der Waals surface area contributed by atoms with Gasteiger partial charge in [-0.1, -0.05) is 27.2 Å². The molecule has 0 saturated carbocycles. The molecule has 0 amide bonds. The number of nitrogens with zero attached hydrogens (tertiary/aromatic N) is 3. The van der Waals surface area contributed by atoms with E-state index in [0.29, 0.717) is 0 Å². The molecule has 21 heavy (non-hydrogen) atoms. The number of anilines is 2. The zero-order valence-corrected chi connectivity index (χ0v) is 13.6. The van der Waals surface area contributed by atoms with Crippen LogP contribution in [0.5, 0.6) is 0 Å². The van der Waals surface area contributed by atoms with Crippen molar-refractivity contribution in [3.63, 3.8) is 0 Å². The molecular weight excluding hydrogens is 262 g/mol. The average molecular weight is 291 g/mol. The molecule has 2 rings (SSSR count). The number of rotatable bonds is 5. The Hall–Kier alpha value is -1.36. The van der Waals surface area contributed by atoms with Crippen molar-refractivity contribution in [3.8, 4) is 0 Å². The van der Waals surface area contributed by atoms with Gasteiger partial charge in [-0.05, 0) is 37.5 Å². The van der Waals surface area contributed by atoms with E-state index in [9.17, 15) is 0 Å². The minimum absolute atomic E-state index is 0.770. The number of nitrogen functional groups attached to an aromatic ring is 1. The van der Waals surface area contributed by atoms with Crippen LogP contribution >= 0.6 is 0 Å². The van der Waals surface area contributed by atoms with Gasteiger partial charge in [0.1, 0.15) is 18.0 Å². The monoisotopic (exact) mass is 291 g/mol. The number of hydrazine groups is 1. The fourth-order valence-corrected chi connectivity index (χ4v) is 3.28. The Kier molecular flexibility index (Phi) is 5.79. The molecule has 1 unspecified atom stereocenters. The third kappa shape index (κ3) is 3.84. The van der Waals surface area contributed by atoms with Crippen molar-refractivity contribution >= 4 is 11.6 Å². The average Bonchev–Trinajstić information content (AvgIpc) is 2.73. The summed E-state index contributed by atoms with van der Waals surface area (Å²) in [7, 11) is 0. The molecule has 1 aromatic rings. The lowest BCUT2D eigenvalue weighted by molar-refractivity contribution is 0.351. The molecule has 0 aliphatic carbocycles. The summed E-state index contributed by atoms with van der Waals surface area (Å²) in [5, 5.41) is 0. The Labute approximate surface area is 128 Å². The van der Waals surface area contributed by atoms with Crippen molar-refractivity contribution in [2.75, 3.05) is 23.4 Å². The topological polar surface area (TPSA) is 67.1 Å². The van der Waals surface area contributed by atoms with Crippen LogP contribution in [0.4, 0.5) is 11.6 Å². The Morgan fingerprint density at radius 2 is 2.14 bits per heavy atom. The molecule has 118 valence electrons. The van der Waals surface area contributed by atoms with E-state index in [1.54, 1.807) is 6.33 Å². The van der Waals surface area contributed by atoms with Gasteiger partial charge in [-0.15, -0.1) is 0 Å².